The molecule has 0 saturated carbocycles. The Bertz CT molecular complexity index is 1240. The summed E-state index contributed by atoms with van der Waals surface area (Å²) >= 11 is 0. The molecule has 3 aromatic rings. The van der Waals surface area contributed by atoms with Crippen LogP contribution in [0.2, 0.25) is 0 Å². The molecule has 0 spiro atoms. The van der Waals surface area contributed by atoms with Crippen molar-refractivity contribution in [1.82, 2.24) is 0 Å². The van der Waals surface area contributed by atoms with E-state index in [0.29, 0.717) is 5.71 Å². The summed E-state index contributed by atoms with van der Waals surface area (Å²) in [6.45, 7) is 1.96. The van der Waals surface area contributed by atoms with E-state index in [1.807, 2.05) is 98.9 Å². The smallest absolute Gasteiger partial charge is 0.252 e. The average molecular weight is 418 g/mol. The van der Waals surface area contributed by atoms with Gasteiger partial charge in [0.2, 0.25) is 0 Å². The topological polar surface area (TPSA) is 62.1 Å². The van der Waals surface area contributed by atoms with Crippen molar-refractivity contribution in [1.29, 1.82) is 0 Å². The maximum Gasteiger partial charge on any atom is 0.252 e. The zero-order chi connectivity index (χ0) is 21.4. The fraction of sp³-hybridized carbons (Fsp3) is 0.167. The number of para-hydroxylation sites is 1. The number of fused-ring (bicyclic) bond motifs is 1. The summed E-state index contributed by atoms with van der Waals surface area (Å²) in [7, 11) is -1.73. The molecule has 5 nitrogen and oxygen atoms in total. The number of amidine groups is 1. The number of anilines is 1. The molecule has 1 unspecified atom stereocenters. The molecule has 0 amide bonds. The van der Waals surface area contributed by atoms with Gasteiger partial charge in [0.15, 0.2) is 5.84 Å². The summed E-state index contributed by atoms with van der Waals surface area (Å²) in [6.07, 6.45) is 1.10. The Labute approximate surface area is 177 Å². The summed E-state index contributed by atoms with van der Waals surface area (Å²) < 4.78 is 28.7. The molecule has 1 heterocycles. The van der Waals surface area contributed by atoms with Gasteiger partial charge in [-0.2, -0.15) is 0 Å². The van der Waals surface area contributed by atoms with E-state index >= 15 is 0 Å². The number of benzene rings is 3. The minimum absolute atomic E-state index is 0.230. The van der Waals surface area contributed by atoms with Crippen molar-refractivity contribution >= 4 is 27.3 Å². The molecule has 0 aliphatic carbocycles. The second-order valence-corrected chi connectivity index (χ2v) is 9.14. The number of rotatable bonds is 3. The molecule has 0 radical (unpaired) electrons. The van der Waals surface area contributed by atoms with E-state index in [2.05, 4.69) is 9.30 Å². The molecule has 0 bridgehead atoms. The lowest BCUT2D eigenvalue weighted by molar-refractivity contribution is 0.597. The normalized spacial score (nSPS) is 20.4. The Morgan fingerprint density at radius 1 is 0.867 bits per heavy atom. The second-order valence-electron chi connectivity index (χ2n) is 7.49. The third-order valence-corrected chi connectivity index (χ3v) is 5.98. The maximum atomic E-state index is 12.3. The number of nitrogens with zero attached hydrogens (tertiary/aromatic N) is 3. The number of aliphatic imine (C=N–C) groups is 1. The van der Waals surface area contributed by atoms with Crippen LogP contribution in [0.5, 0.6) is 0 Å². The quantitative estimate of drug-likeness (QED) is 0.640. The highest BCUT2D eigenvalue weighted by Gasteiger charge is 2.41. The van der Waals surface area contributed by atoms with Crippen molar-refractivity contribution < 1.29 is 8.42 Å². The summed E-state index contributed by atoms with van der Waals surface area (Å²) in [5, 5.41) is 0. The SMILES string of the molecule is CN1c2ccccc2C(c2ccccc2)=N/C(=N/S(C)(=O)=O)C1(C)c1ccccc1. The van der Waals surface area contributed by atoms with Crippen LogP contribution < -0.4 is 4.90 Å². The van der Waals surface area contributed by atoms with Crippen LogP contribution in [0.1, 0.15) is 23.6 Å². The minimum atomic E-state index is -3.68. The molecule has 3 aromatic carbocycles. The molecular weight excluding hydrogens is 394 g/mol. The molecule has 0 N–H and O–H groups in total. The highest BCUT2D eigenvalue weighted by molar-refractivity contribution is 7.89. The van der Waals surface area contributed by atoms with Gasteiger partial charge in [-0.15, -0.1) is 4.40 Å². The fourth-order valence-electron chi connectivity index (χ4n) is 3.80. The Kier molecular flexibility index (Phi) is 5.03. The summed E-state index contributed by atoms with van der Waals surface area (Å²) in [4.78, 5) is 6.95. The standard InChI is InChI=1S/C24H23N3O2S/c1-24(19-14-8-5-9-15-19)23(26-30(3,28)29)25-22(18-12-6-4-7-13-18)20-16-10-11-17-21(20)27(24)2/h4-17H,1-3H3/b26-23+. The summed E-state index contributed by atoms with van der Waals surface area (Å²) in [5.74, 6) is 0.230. The molecule has 0 fully saturated rings. The van der Waals surface area contributed by atoms with E-state index in [1.165, 1.54) is 0 Å². The maximum absolute atomic E-state index is 12.3. The zero-order valence-corrected chi connectivity index (χ0v) is 18.0. The van der Waals surface area contributed by atoms with Crippen molar-refractivity contribution in [3.05, 3.63) is 102 Å². The van der Waals surface area contributed by atoms with Crippen LogP contribution in [0.4, 0.5) is 5.69 Å². The Hall–Kier alpha value is -3.25. The van der Waals surface area contributed by atoms with E-state index in [1.54, 1.807) is 0 Å². The van der Waals surface area contributed by atoms with Crippen LogP contribution in [-0.4, -0.2) is 33.3 Å². The van der Waals surface area contributed by atoms with Gasteiger partial charge in [0.1, 0.15) is 5.54 Å². The lowest BCUT2D eigenvalue weighted by Gasteiger charge is -2.39. The molecule has 1 aliphatic heterocycles. The van der Waals surface area contributed by atoms with E-state index in [9.17, 15) is 8.42 Å². The van der Waals surface area contributed by atoms with Crippen LogP contribution in [0, 0.1) is 0 Å². The molecule has 0 aromatic heterocycles. The van der Waals surface area contributed by atoms with Gasteiger partial charge in [-0.3, -0.25) is 0 Å². The summed E-state index contributed by atoms with van der Waals surface area (Å²) in [6, 6.07) is 27.5. The third-order valence-electron chi connectivity index (χ3n) is 5.48. The number of hydrogen-bond donors (Lipinski definition) is 0. The molecule has 30 heavy (non-hydrogen) atoms. The Morgan fingerprint density at radius 2 is 1.43 bits per heavy atom. The largest absolute Gasteiger partial charge is 0.358 e. The average Bonchev–Trinajstić information content (AvgIpc) is 2.84. The molecule has 6 heteroatoms. The van der Waals surface area contributed by atoms with Crippen molar-refractivity contribution in [2.45, 2.75) is 12.5 Å². The van der Waals surface area contributed by atoms with Crippen LogP contribution in [0.15, 0.2) is 94.3 Å². The monoisotopic (exact) mass is 417 g/mol. The lowest BCUT2D eigenvalue weighted by Crippen LogP contribution is -2.47. The zero-order valence-electron chi connectivity index (χ0n) is 17.1. The van der Waals surface area contributed by atoms with Gasteiger partial charge < -0.3 is 4.90 Å². The van der Waals surface area contributed by atoms with Crippen LogP contribution >= 0.6 is 0 Å². The highest BCUT2D eigenvalue weighted by atomic mass is 32.2. The summed E-state index contributed by atoms with van der Waals surface area (Å²) in [5.41, 5.74) is 3.48. The first-order valence-electron chi connectivity index (χ1n) is 9.64. The number of hydrogen-bond acceptors (Lipinski definition) is 3. The number of sulfonamides is 1. The molecule has 1 atom stereocenters. The van der Waals surface area contributed by atoms with Crippen LogP contribution in [-0.2, 0) is 15.6 Å². The minimum Gasteiger partial charge on any atom is -0.358 e. The molecule has 0 saturated heterocycles. The fourth-order valence-corrected chi connectivity index (χ4v) is 4.33. The lowest BCUT2D eigenvalue weighted by atomic mass is 9.88. The first-order valence-corrected chi connectivity index (χ1v) is 11.5. The van der Waals surface area contributed by atoms with Crippen LogP contribution in [0.3, 0.4) is 0 Å². The van der Waals surface area contributed by atoms with E-state index in [0.717, 1.165) is 28.6 Å². The molecule has 152 valence electrons. The Balaban J connectivity index is 2.11. The first-order chi connectivity index (χ1) is 14.3. The molecule has 4 rings (SSSR count). The van der Waals surface area contributed by atoms with Gasteiger partial charge in [-0.25, -0.2) is 13.4 Å². The van der Waals surface area contributed by atoms with Gasteiger partial charge in [0.25, 0.3) is 10.0 Å². The predicted octanol–water partition coefficient (Wildman–Crippen LogP) is 4.25. The van der Waals surface area contributed by atoms with Crippen molar-refractivity contribution in [3.8, 4) is 0 Å². The highest BCUT2D eigenvalue weighted by Crippen LogP contribution is 2.39. The Morgan fingerprint density at radius 3 is 2.07 bits per heavy atom. The number of likely N-dealkylation sites (N-methyl/N-ethyl adjacent to an activating group) is 1. The van der Waals surface area contributed by atoms with Gasteiger partial charge in [-0.1, -0.05) is 78.9 Å². The predicted molar refractivity (Wildman–Crippen MR) is 123 cm³/mol. The van der Waals surface area contributed by atoms with E-state index < -0.39 is 15.6 Å². The first kappa shape index (κ1) is 20.0. The van der Waals surface area contributed by atoms with Gasteiger partial charge in [0.05, 0.1) is 12.0 Å². The third kappa shape index (κ3) is 3.55. The van der Waals surface area contributed by atoms with Crippen molar-refractivity contribution in [3.63, 3.8) is 0 Å². The van der Waals surface area contributed by atoms with Crippen molar-refractivity contribution in [2.75, 3.05) is 18.2 Å². The molecular formula is C24H23N3O2S. The second kappa shape index (κ2) is 7.54. The number of benzodiazepines with no additional fused rings is 1. The van der Waals surface area contributed by atoms with E-state index in [-0.39, 0.29) is 5.84 Å². The van der Waals surface area contributed by atoms with Gasteiger partial charge in [-0.05, 0) is 18.6 Å². The molecule has 1 aliphatic rings. The van der Waals surface area contributed by atoms with Gasteiger partial charge in [0, 0.05) is 23.9 Å². The van der Waals surface area contributed by atoms with Crippen LogP contribution in [0.25, 0.3) is 0 Å². The van der Waals surface area contributed by atoms with E-state index in [4.69, 9.17) is 4.99 Å². The van der Waals surface area contributed by atoms with Crippen molar-refractivity contribution in [2.24, 2.45) is 9.39 Å². The van der Waals surface area contributed by atoms with Gasteiger partial charge >= 0.3 is 0 Å².